The van der Waals surface area contributed by atoms with Crippen LogP contribution in [0.4, 0.5) is 8.78 Å². The van der Waals surface area contributed by atoms with Crippen LogP contribution >= 0.6 is 0 Å². The van der Waals surface area contributed by atoms with E-state index in [9.17, 15) is 13.6 Å². The molecule has 0 fully saturated rings. The smallest absolute Gasteiger partial charge is 0.271 e. The molecule has 0 bridgehead atoms. The summed E-state index contributed by atoms with van der Waals surface area (Å²) in [7, 11) is 0. The number of benzene rings is 3. The lowest BCUT2D eigenvalue weighted by atomic mass is 10.0. The summed E-state index contributed by atoms with van der Waals surface area (Å²) in [5.74, 6) is -1.36. The first-order valence-electron chi connectivity index (χ1n) is 8.92. The second kappa shape index (κ2) is 6.60. The molecule has 0 atom stereocenters. The summed E-state index contributed by atoms with van der Waals surface area (Å²) in [5, 5.41) is 12.0. The van der Waals surface area contributed by atoms with Gasteiger partial charge in [0.1, 0.15) is 11.6 Å². The monoisotopic (exact) mass is 399 g/mol. The second-order valence-electron chi connectivity index (χ2n) is 6.67. The van der Waals surface area contributed by atoms with Gasteiger partial charge in [0.05, 0.1) is 28.1 Å². The lowest BCUT2D eigenvalue weighted by Gasteiger charge is -2.04. The predicted octanol–water partition coefficient (Wildman–Crippen LogP) is 4.05. The number of rotatable bonds is 2. The van der Waals surface area contributed by atoms with Crippen LogP contribution in [0, 0.1) is 23.0 Å². The Labute approximate surface area is 167 Å². The highest BCUT2D eigenvalue weighted by Gasteiger charge is 2.15. The topological polar surface area (TPSA) is 86.8 Å². The van der Waals surface area contributed by atoms with Crippen molar-refractivity contribution >= 4 is 16.7 Å². The van der Waals surface area contributed by atoms with E-state index in [0.29, 0.717) is 16.5 Å². The van der Waals surface area contributed by atoms with Gasteiger partial charge in [-0.1, -0.05) is 18.2 Å². The Kier molecular flexibility index (Phi) is 3.89. The zero-order chi connectivity index (χ0) is 20.8. The van der Waals surface area contributed by atoms with E-state index in [0.717, 1.165) is 27.8 Å². The molecule has 5 aromatic rings. The van der Waals surface area contributed by atoms with Gasteiger partial charge in [0.15, 0.2) is 5.82 Å². The van der Waals surface area contributed by atoms with Gasteiger partial charge in [-0.05, 0) is 47.5 Å². The van der Waals surface area contributed by atoms with Crippen molar-refractivity contribution < 1.29 is 8.78 Å². The van der Waals surface area contributed by atoms with Crippen LogP contribution in [0.1, 0.15) is 5.56 Å². The molecule has 0 aliphatic rings. The fraction of sp³-hybridized carbons (Fsp3) is 0. The van der Waals surface area contributed by atoms with E-state index < -0.39 is 11.6 Å². The van der Waals surface area contributed by atoms with E-state index in [1.165, 1.54) is 6.07 Å². The summed E-state index contributed by atoms with van der Waals surface area (Å²) in [4.78, 5) is 21.5. The van der Waals surface area contributed by atoms with Gasteiger partial charge in [0.2, 0.25) is 0 Å². The zero-order valence-corrected chi connectivity index (χ0v) is 15.2. The van der Waals surface area contributed by atoms with Crippen molar-refractivity contribution in [2.24, 2.45) is 0 Å². The lowest BCUT2D eigenvalue weighted by Crippen LogP contribution is -2.15. The summed E-state index contributed by atoms with van der Waals surface area (Å²) in [6, 6.07) is 17.4. The van der Waals surface area contributed by atoms with Crippen LogP contribution in [0.5, 0.6) is 0 Å². The van der Waals surface area contributed by atoms with Crippen molar-refractivity contribution in [1.82, 2.24) is 19.6 Å². The average Bonchev–Trinajstić information content (AvgIpc) is 3.17. The number of aromatic amines is 1. The largest absolute Gasteiger partial charge is 0.281 e. The summed E-state index contributed by atoms with van der Waals surface area (Å²) in [6.45, 7) is 0. The zero-order valence-electron chi connectivity index (χ0n) is 15.2. The molecule has 0 spiro atoms. The molecule has 2 aromatic heterocycles. The fourth-order valence-corrected chi connectivity index (χ4v) is 3.30. The lowest BCUT2D eigenvalue weighted by molar-refractivity contribution is 0.585. The summed E-state index contributed by atoms with van der Waals surface area (Å²) < 4.78 is 28.4. The van der Waals surface area contributed by atoms with Crippen LogP contribution in [-0.4, -0.2) is 19.6 Å². The normalized spacial score (nSPS) is 11.1. The molecule has 0 radical (unpaired) electrons. The molecular weight excluding hydrogens is 388 g/mol. The maximum atomic E-state index is 14.1. The predicted molar refractivity (Wildman–Crippen MR) is 107 cm³/mol. The maximum absolute atomic E-state index is 14.1. The molecular formula is C22H11F2N5O. The molecule has 5 rings (SSSR count). The van der Waals surface area contributed by atoms with E-state index in [-0.39, 0.29) is 22.7 Å². The summed E-state index contributed by atoms with van der Waals surface area (Å²) in [5.41, 5.74) is 2.32. The van der Waals surface area contributed by atoms with Crippen molar-refractivity contribution in [3.05, 3.63) is 88.2 Å². The number of aromatic nitrogens is 4. The Morgan fingerprint density at radius 3 is 2.43 bits per heavy atom. The third kappa shape index (κ3) is 2.81. The van der Waals surface area contributed by atoms with Crippen LogP contribution in [0.25, 0.3) is 39.2 Å². The Bertz CT molecular complexity index is 1540. The Morgan fingerprint density at radius 2 is 1.70 bits per heavy atom. The SMILES string of the molecule is N#Cc1ccc(-c2ccc3c(=O)n4[nH]c(-c5ccc(F)cc5F)nc4nc3c2)cc1. The van der Waals surface area contributed by atoms with E-state index >= 15 is 0 Å². The van der Waals surface area contributed by atoms with Gasteiger partial charge >= 0.3 is 0 Å². The number of nitrogens with zero attached hydrogens (tertiary/aromatic N) is 4. The molecule has 0 aliphatic carbocycles. The highest BCUT2D eigenvalue weighted by atomic mass is 19.1. The molecule has 30 heavy (non-hydrogen) atoms. The molecule has 3 aromatic carbocycles. The third-order valence-corrected chi connectivity index (χ3v) is 4.81. The molecule has 144 valence electrons. The first-order valence-corrected chi connectivity index (χ1v) is 8.92. The van der Waals surface area contributed by atoms with E-state index in [2.05, 4.69) is 21.1 Å². The Hall–Kier alpha value is -4.38. The quantitative estimate of drug-likeness (QED) is 0.485. The summed E-state index contributed by atoms with van der Waals surface area (Å²) in [6.07, 6.45) is 0. The first kappa shape index (κ1) is 17.7. The molecule has 8 heteroatoms. The molecule has 2 heterocycles. The number of nitriles is 1. The first-order chi connectivity index (χ1) is 14.5. The van der Waals surface area contributed by atoms with Gasteiger partial charge in [-0.25, -0.2) is 13.8 Å². The number of fused-ring (bicyclic) bond motifs is 2. The number of hydrogen-bond acceptors (Lipinski definition) is 4. The number of nitrogens with one attached hydrogen (secondary N) is 1. The second-order valence-corrected chi connectivity index (χ2v) is 6.67. The molecule has 0 aliphatic heterocycles. The average molecular weight is 399 g/mol. The highest BCUT2D eigenvalue weighted by molar-refractivity contribution is 5.84. The van der Waals surface area contributed by atoms with Crippen molar-refractivity contribution in [3.8, 4) is 28.6 Å². The van der Waals surface area contributed by atoms with E-state index in [1.54, 1.807) is 30.3 Å². The van der Waals surface area contributed by atoms with Gasteiger partial charge in [-0.2, -0.15) is 14.8 Å². The van der Waals surface area contributed by atoms with Crippen LogP contribution in [0.3, 0.4) is 0 Å². The van der Waals surface area contributed by atoms with Gasteiger partial charge in [0.25, 0.3) is 11.3 Å². The molecule has 0 unspecified atom stereocenters. The number of halogens is 2. The molecule has 0 saturated carbocycles. The molecule has 1 N–H and O–H groups in total. The minimum Gasteiger partial charge on any atom is -0.271 e. The Morgan fingerprint density at radius 1 is 0.933 bits per heavy atom. The van der Waals surface area contributed by atoms with Crippen LogP contribution in [0.15, 0.2) is 65.5 Å². The third-order valence-electron chi connectivity index (χ3n) is 4.81. The summed E-state index contributed by atoms with van der Waals surface area (Å²) >= 11 is 0. The van der Waals surface area contributed by atoms with Gasteiger partial charge in [-0.3, -0.25) is 9.89 Å². The molecule has 0 saturated heterocycles. The van der Waals surface area contributed by atoms with Crippen LogP contribution in [-0.2, 0) is 0 Å². The van der Waals surface area contributed by atoms with Gasteiger partial charge < -0.3 is 0 Å². The van der Waals surface area contributed by atoms with Gasteiger partial charge in [0, 0.05) is 6.07 Å². The molecule has 6 nitrogen and oxygen atoms in total. The van der Waals surface area contributed by atoms with E-state index in [4.69, 9.17) is 5.26 Å². The highest BCUT2D eigenvalue weighted by Crippen LogP contribution is 2.24. The van der Waals surface area contributed by atoms with Crippen molar-refractivity contribution in [2.75, 3.05) is 0 Å². The van der Waals surface area contributed by atoms with Crippen molar-refractivity contribution in [2.45, 2.75) is 0 Å². The van der Waals surface area contributed by atoms with Crippen molar-refractivity contribution in [1.29, 1.82) is 5.26 Å². The maximum Gasteiger partial charge on any atom is 0.281 e. The standard InChI is InChI=1S/C22H11F2N5O/c23-15-6-8-16(18(24)10-15)20-27-22-26-19-9-14(13-3-1-12(11-25)2-4-13)5-7-17(19)21(30)29(22)28-20/h1-10H,(H,26,27,28). The molecule has 0 amide bonds. The van der Waals surface area contributed by atoms with Gasteiger partial charge in [-0.15, -0.1) is 0 Å². The van der Waals surface area contributed by atoms with Crippen molar-refractivity contribution in [3.63, 3.8) is 0 Å². The number of H-pyrrole nitrogens is 1. The fourth-order valence-electron chi connectivity index (χ4n) is 3.30. The minimum atomic E-state index is -0.797. The van der Waals surface area contributed by atoms with Crippen LogP contribution in [0.2, 0.25) is 0 Å². The Balaban J connectivity index is 1.67. The van der Waals surface area contributed by atoms with E-state index in [1.807, 2.05) is 12.1 Å². The minimum absolute atomic E-state index is 0.0311. The number of hydrogen-bond donors (Lipinski definition) is 1. The van der Waals surface area contributed by atoms with Crippen LogP contribution < -0.4 is 5.56 Å².